The summed E-state index contributed by atoms with van der Waals surface area (Å²) in [5.74, 6) is 0. The molecule has 0 saturated carbocycles. The maximum atomic E-state index is 6.57. The molecule has 0 atom stereocenters. The number of para-hydroxylation sites is 5. The van der Waals surface area contributed by atoms with Crippen LogP contribution >= 0.6 is 0 Å². The molecule has 10 aromatic rings. The second-order valence-corrected chi connectivity index (χ2v) is 12.9. The van der Waals surface area contributed by atoms with Crippen LogP contribution < -0.4 is 4.90 Å². The summed E-state index contributed by atoms with van der Waals surface area (Å²) >= 11 is 0. The molecular formula is C48H32N2O. The monoisotopic (exact) mass is 652 g/mol. The lowest BCUT2D eigenvalue weighted by atomic mass is 10.0. The lowest BCUT2D eigenvalue weighted by Crippen LogP contribution is -2.10. The van der Waals surface area contributed by atoms with Gasteiger partial charge in [-0.1, -0.05) is 140 Å². The molecule has 2 heterocycles. The maximum Gasteiger partial charge on any atom is 0.159 e. The summed E-state index contributed by atoms with van der Waals surface area (Å²) in [4.78, 5) is 2.31. The van der Waals surface area contributed by atoms with E-state index in [0.717, 1.165) is 55.8 Å². The highest BCUT2D eigenvalue weighted by Gasteiger charge is 2.21. The number of anilines is 3. The van der Waals surface area contributed by atoms with Crippen molar-refractivity contribution in [2.45, 2.75) is 0 Å². The van der Waals surface area contributed by atoms with E-state index in [4.69, 9.17) is 4.42 Å². The summed E-state index contributed by atoms with van der Waals surface area (Å²) in [5.41, 5.74) is 13.1. The van der Waals surface area contributed by atoms with Crippen molar-refractivity contribution >= 4 is 60.8 Å². The van der Waals surface area contributed by atoms with Crippen molar-refractivity contribution in [3.8, 4) is 27.9 Å². The Morgan fingerprint density at radius 3 is 1.92 bits per heavy atom. The van der Waals surface area contributed by atoms with E-state index in [0.29, 0.717) is 0 Å². The Bertz CT molecular complexity index is 2860. The lowest BCUT2D eigenvalue weighted by Gasteiger charge is -2.26. The summed E-state index contributed by atoms with van der Waals surface area (Å²) in [6, 6.07) is 69.1. The molecule has 0 unspecified atom stereocenters. The Morgan fingerprint density at radius 1 is 0.392 bits per heavy atom. The molecule has 0 fully saturated rings. The largest absolute Gasteiger partial charge is 0.454 e. The molecule has 240 valence electrons. The van der Waals surface area contributed by atoms with Gasteiger partial charge in [-0.15, -0.1) is 0 Å². The van der Waals surface area contributed by atoms with Crippen molar-refractivity contribution in [2.75, 3.05) is 4.90 Å². The van der Waals surface area contributed by atoms with E-state index in [1.807, 2.05) is 12.1 Å². The van der Waals surface area contributed by atoms with Crippen LogP contribution in [0.5, 0.6) is 0 Å². The summed E-state index contributed by atoms with van der Waals surface area (Å²) < 4.78 is 9.00. The molecule has 0 spiro atoms. The Kier molecular flexibility index (Phi) is 6.81. The summed E-state index contributed by atoms with van der Waals surface area (Å²) in [5, 5.41) is 4.70. The smallest absolute Gasteiger partial charge is 0.159 e. The number of aromatic nitrogens is 1. The third-order valence-electron chi connectivity index (χ3n) is 9.98. The van der Waals surface area contributed by atoms with Crippen LogP contribution in [-0.4, -0.2) is 4.57 Å². The standard InChI is InChI=1S/C48H32N2O/c1-3-15-33(16-4-1)34-29-30-40-39-22-8-11-26-44(39)50(46(40)32-34)43-25-10-7-21-38(43)35-17-13-20-37(31-35)49(36-18-5-2-6-19-36)45-27-14-24-42-41-23-9-12-28-47(41)51-48(42)45/h1-32H. The summed E-state index contributed by atoms with van der Waals surface area (Å²) in [6.45, 7) is 0. The van der Waals surface area contributed by atoms with Crippen LogP contribution in [-0.2, 0) is 0 Å². The van der Waals surface area contributed by atoms with Gasteiger partial charge >= 0.3 is 0 Å². The molecule has 2 aromatic heterocycles. The number of rotatable bonds is 6. The van der Waals surface area contributed by atoms with Gasteiger partial charge in [0.2, 0.25) is 0 Å². The number of benzene rings is 8. The Balaban J connectivity index is 1.18. The molecule has 8 aromatic carbocycles. The minimum Gasteiger partial charge on any atom is -0.454 e. The van der Waals surface area contributed by atoms with Crippen LogP contribution in [0.2, 0.25) is 0 Å². The maximum absolute atomic E-state index is 6.57. The van der Waals surface area contributed by atoms with Crippen LogP contribution in [0.4, 0.5) is 17.1 Å². The van der Waals surface area contributed by atoms with E-state index >= 15 is 0 Å². The third kappa shape index (κ3) is 4.82. The van der Waals surface area contributed by atoms with Crippen molar-refractivity contribution in [2.24, 2.45) is 0 Å². The van der Waals surface area contributed by atoms with E-state index in [1.54, 1.807) is 0 Å². The first-order chi connectivity index (χ1) is 25.3. The predicted octanol–water partition coefficient (Wildman–Crippen LogP) is 13.5. The average Bonchev–Trinajstić information content (AvgIpc) is 3.75. The number of fused-ring (bicyclic) bond motifs is 6. The molecule has 0 N–H and O–H groups in total. The van der Waals surface area contributed by atoms with Crippen LogP contribution in [0.15, 0.2) is 199 Å². The fourth-order valence-electron chi connectivity index (χ4n) is 7.68. The highest BCUT2D eigenvalue weighted by Crippen LogP contribution is 2.44. The molecule has 0 amide bonds. The molecule has 0 aliphatic rings. The van der Waals surface area contributed by atoms with Gasteiger partial charge in [0.1, 0.15) is 5.58 Å². The zero-order valence-corrected chi connectivity index (χ0v) is 27.8. The molecule has 0 saturated heterocycles. The van der Waals surface area contributed by atoms with Gasteiger partial charge in [-0.2, -0.15) is 0 Å². The van der Waals surface area contributed by atoms with Gasteiger partial charge in [-0.3, -0.25) is 0 Å². The molecule has 3 heteroatoms. The molecule has 0 radical (unpaired) electrons. The van der Waals surface area contributed by atoms with Crippen LogP contribution in [0, 0.1) is 0 Å². The highest BCUT2D eigenvalue weighted by molar-refractivity contribution is 6.12. The first-order valence-corrected chi connectivity index (χ1v) is 17.4. The number of hydrogen-bond donors (Lipinski definition) is 0. The van der Waals surface area contributed by atoms with E-state index in [2.05, 4.69) is 191 Å². The summed E-state index contributed by atoms with van der Waals surface area (Å²) in [7, 11) is 0. The van der Waals surface area contributed by atoms with Crippen LogP contribution in [0.25, 0.3) is 71.7 Å². The fourth-order valence-corrected chi connectivity index (χ4v) is 7.68. The van der Waals surface area contributed by atoms with Gasteiger partial charge in [0.05, 0.1) is 22.4 Å². The Hall–Kier alpha value is -6.84. The summed E-state index contributed by atoms with van der Waals surface area (Å²) in [6.07, 6.45) is 0. The second-order valence-electron chi connectivity index (χ2n) is 12.9. The molecule has 0 bridgehead atoms. The van der Waals surface area contributed by atoms with Gasteiger partial charge in [-0.05, 0) is 71.3 Å². The topological polar surface area (TPSA) is 21.3 Å². The van der Waals surface area contributed by atoms with Crippen molar-refractivity contribution in [3.05, 3.63) is 194 Å². The second kappa shape index (κ2) is 11.9. The van der Waals surface area contributed by atoms with Crippen molar-refractivity contribution in [1.29, 1.82) is 0 Å². The average molecular weight is 653 g/mol. The van der Waals surface area contributed by atoms with E-state index < -0.39 is 0 Å². The van der Waals surface area contributed by atoms with Crippen LogP contribution in [0.1, 0.15) is 0 Å². The highest BCUT2D eigenvalue weighted by atomic mass is 16.3. The third-order valence-corrected chi connectivity index (χ3v) is 9.98. The molecular weight excluding hydrogens is 621 g/mol. The first kappa shape index (κ1) is 29.1. The Morgan fingerprint density at radius 2 is 1.04 bits per heavy atom. The van der Waals surface area contributed by atoms with Gasteiger partial charge in [0.15, 0.2) is 5.58 Å². The number of nitrogens with zero attached hydrogens (tertiary/aromatic N) is 2. The zero-order valence-electron chi connectivity index (χ0n) is 27.8. The predicted molar refractivity (Wildman–Crippen MR) is 214 cm³/mol. The zero-order chi connectivity index (χ0) is 33.7. The lowest BCUT2D eigenvalue weighted by molar-refractivity contribution is 0.669. The van der Waals surface area contributed by atoms with E-state index in [-0.39, 0.29) is 0 Å². The first-order valence-electron chi connectivity index (χ1n) is 17.4. The van der Waals surface area contributed by atoms with Gasteiger partial charge < -0.3 is 13.9 Å². The molecule has 0 aliphatic carbocycles. The van der Waals surface area contributed by atoms with Gasteiger partial charge in [0, 0.05) is 38.5 Å². The fraction of sp³-hybridized carbons (Fsp3) is 0. The van der Waals surface area contributed by atoms with Gasteiger partial charge in [0.25, 0.3) is 0 Å². The van der Waals surface area contributed by atoms with Crippen molar-refractivity contribution in [1.82, 2.24) is 4.57 Å². The molecule has 51 heavy (non-hydrogen) atoms. The van der Waals surface area contributed by atoms with E-state index in [1.165, 1.54) is 32.9 Å². The van der Waals surface area contributed by atoms with Crippen LogP contribution in [0.3, 0.4) is 0 Å². The van der Waals surface area contributed by atoms with E-state index in [9.17, 15) is 0 Å². The SMILES string of the molecule is c1ccc(-c2ccc3c4ccccc4n(-c4ccccc4-c4cccc(N(c5ccccc5)c5cccc6c5oc5ccccc56)c4)c3c2)cc1. The van der Waals surface area contributed by atoms with Crippen molar-refractivity contribution in [3.63, 3.8) is 0 Å². The normalized spacial score (nSPS) is 11.5. The number of hydrogen-bond acceptors (Lipinski definition) is 2. The molecule has 10 rings (SSSR count). The quantitative estimate of drug-likeness (QED) is 0.178. The van der Waals surface area contributed by atoms with Gasteiger partial charge in [-0.25, -0.2) is 0 Å². The van der Waals surface area contributed by atoms with Crippen molar-refractivity contribution < 1.29 is 4.42 Å². The minimum absolute atomic E-state index is 0.868. The molecule has 3 nitrogen and oxygen atoms in total. The Labute approximate surface area is 295 Å². The minimum atomic E-state index is 0.868. The molecule has 0 aliphatic heterocycles. The number of furan rings is 1.